The average Bonchev–Trinajstić information content (AvgIpc) is 2.27. The Kier molecular flexibility index (Phi) is 3.87. The van der Waals surface area contributed by atoms with Gasteiger partial charge in [-0.3, -0.25) is 0 Å². The summed E-state index contributed by atoms with van der Waals surface area (Å²) in [4.78, 5) is 4.33. The molecule has 0 spiro atoms. The van der Waals surface area contributed by atoms with Crippen molar-refractivity contribution in [2.75, 3.05) is 12.4 Å². The standard InChI is InChI=1S/C12H19N3O2S/c1-9(10-4-3-5-10)15-12-7-6-11(8-14-12)18(16,17)13-2/h6-10,13H,3-5H2,1-2H3,(H,14,15). The first-order chi connectivity index (χ1) is 8.53. The van der Waals surface area contributed by atoms with E-state index in [0.29, 0.717) is 12.0 Å². The summed E-state index contributed by atoms with van der Waals surface area (Å²) in [6, 6.07) is 3.66. The zero-order valence-electron chi connectivity index (χ0n) is 10.7. The number of sulfonamides is 1. The van der Waals surface area contributed by atoms with Gasteiger partial charge in [-0.2, -0.15) is 0 Å². The third-order valence-electron chi connectivity index (χ3n) is 3.55. The van der Waals surface area contributed by atoms with E-state index in [1.165, 1.54) is 32.5 Å². The van der Waals surface area contributed by atoms with Crippen LogP contribution in [0.25, 0.3) is 0 Å². The van der Waals surface area contributed by atoms with E-state index in [-0.39, 0.29) is 4.90 Å². The van der Waals surface area contributed by atoms with Crippen LogP contribution < -0.4 is 10.0 Å². The van der Waals surface area contributed by atoms with Gasteiger partial charge in [0, 0.05) is 12.2 Å². The molecule has 2 rings (SSSR count). The summed E-state index contributed by atoms with van der Waals surface area (Å²) in [5.74, 6) is 1.44. The molecular weight excluding hydrogens is 250 g/mol. The SMILES string of the molecule is CNS(=O)(=O)c1ccc(NC(C)C2CCC2)nc1. The second kappa shape index (κ2) is 5.24. The van der Waals surface area contributed by atoms with Crippen LogP contribution in [0, 0.1) is 5.92 Å². The van der Waals surface area contributed by atoms with Crippen LogP contribution in [0.2, 0.25) is 0 Å². The lowest BCUT2D eigenvalue weighted by atomic mass is 9.80. The smallest absolute Gasteiger partial charge is 0.241 e. The molecule has 1 aliphatic rings. The van der Waals surface area contributed by atoms with Gasteiger partial charge in [0.2, 0.25) is 10.0 Å². The van der Waals surface area contributed by atoms with Crippen molar-refractivity contribution in [2.45, 2.75) is 37.1 Å². The summed E-state index contributed by atoms with van der Waals surface area (Å²) in [6.07, 6.45) is 5.21. The molecule has 1 saturated carbocycles. The molecule has 0 aromatic carbocycles. The minimum absolute atomic E-state index is 0.187. The highest BCUT2D eigenvalue weighted by Gasteiger charge is 2.23. The van der Waals surface area contributed by atoms with E-state index in [4.69, 9.17) is 0 Å². The van der Waals surface area contributed by atoms with Crippen molar-refractivity contribution in [1.82, 2.24) is 9.71 Å². The first-order valence-electron chi connectivity index (χ1n) is 6.19. The quantitative estimate of drug-likeness (QED) is 0.851. The third-order valence-corrected chi connectivity index (χ3v) is 4.95. The number of rotatable bonds is 5. The Balaban J connectivity index is 2.03. The highest BCUT2D eigenvalue weighted by molar-refractivity contribution is 7.89. The van der Waals surface area contributed by atoms with E-state index in [9.17, 15) is 8.42 Å². The van der Waals surface area contributed by atoms with Crippen molar-refractivity contribution in [3.8, 4) is 0 Å². The van der Waals surface area contributed by atoms with Crippen molar-refractivity contribution in [3.05, 3.63) is 18.3 Å². The minimum Gasteiger partial charge on any atom is -0.367 e. The van der Waals surface area contributed by atoms with E-state index < -0.39 is 10.0 Å². The van der Waals surface area contributed by atoms with E-state index in [1.54, 1.807) is 12.1 Å². The Morgan fingerprint density at radius 2 is 2.11 bits per heavy atom. The molecule has 1 unspecified atom stereocenters. The first-order valence-corrected chi connectivity index (χ1v) is 7.67. The predicted molar refractivity (Wildman–Crippen MR) is 70.9 cm³/mol. The van der Waals surface area contributed by atoms with E-state index in [0.717, 1.165) is 5.82 Å². The van der Waals surface area contributed by atoms with Crippen LogP contribution in [-0.4, -0.2) is 26.5 Å². The molecule has 6 heteroatoms. The fourth-order valence-corrected chi connectivity index (χ4v) is 2.71. The number of hydrogen-bond donors (Lipinski definition) is 2. The topological polar surface area (TPSA) is 71.1 Å². The van der Waals surface area contributed by atoms with Crippen LogP contribution in [0.4, 0.5) is 5.82 Å². The van der Waals surface area contributed by atoms with Gasteiger partial charge in [0.25, 0.3) is 0 Å². The van der Waals surface area contributed by atoms with Gasteiger partial charge in [0.1, 0.15) is 10.7 Å². The third kappa shape index (κ3) is 2.81. The lowest BCUT2D eigenvalue weighted by molar-refractivity contribution is 0.285. The van der Waals surface area contributed by atoms with Crippen LogP contribution in [-0.2, 0) is 10.0 Å². The summed E-state index contributed by atoms with van der Waals surface area (Å²) in [7, 11) is -2.00. The van der Waals surface area contributed by atoms with Gasteiger partial charge in [-0.05, 0) is 44.9 Å². The fourth-order valence-electron chi connectivity index (χ4n) is 2.03. The van der Waals surface area contributed by atoms with Crippen molar-refractivity contribution in [1.29, 1.82) is 0 Å². The Morgan fingerprint density at radius 1 is 1.39 bits per heavy atom. The van der Waals surface area contributed by atoms with E-state index in [1.807, 2.05) is 0 Å². The summed E-state index contributed by atoms with van der Waals surface area (Å²) in [5.41, 5.74) is 0. The van der Waals surface area contributed by atoms with Crippen molar-refractivity contribution in [2.24, 2.45) is 5.92 Å². The maximum Gasteiger partial charge on any atom is 0.241 e. The Bertz CT molecular complexity index is 495. The minimum atomic E-state index is -3.39. The van der Waals surface area contributed by atoms with Crippen molar-refractivity contribution >= 4 is 15.8 Å². The van der Waals surface area contributed by atoms with Gasteiger partial charge in [0.15, 0.2) is 0 Å². The monoisotopic (exact) mass is 269 g/mol. The Labute approximate surface area is 108 Å². The molecule has 0 saturated heterocycles. The summed E-state index contributed by atoms with van der Waals surface area (Å²) in [6.45, 7) is 2.14. The molecule has 1 heterocycles. The van der Waals surface area contributed by atoms with Gasteiger partial charge >= 0.3 is 0 Å². The van der Waals surface area contributed by atoms with Crippen LogP contribution >= 0.6 is 0 Å². The fraction of sp³-hybridized carbons (Fsp3) is 0.583. The number of hydrogen-bond acceptors (Lipinski definition) is 4. The van der Waals surface area contributed by atoms with Crippen molar-refractivity contribution in [3.63, 3.8) is 0 Å². The maximum absolute atomic E-state index is 11.5. The summed E-state index contributed by atoms with van der Waals surface area (Å²) >= 11 is 0. The molecule has 1 fully saturated rings. The second-order valence-corrected chi connectivity index (χ2v) is 6.60. The molecule has 1 aromatic rings. The highest BCUT2D eigenvalue weighted by atomic mass is 32.2. The van der Waals surface area contributed by atoms with Gasteiger partial charge in [0.05, 0.1) is 0 Å². The Morgan fingerprint density at radius 3 is 2.56 bits per heavy atom. The van der Waals surface area contributed by atoms with Crippen LogP contribution in [0.5, 0.6) is 0 Å². The highest BCUT2D eigenvalue weighted by Crippen LogP contribution is 2.30. The second-order valence-electron chi connectivity index (χ2n) is 4.71. The van der Waals surface area contributed by atoms with E-state index in [2.05, 4.69) is 21.9 Å². The normalized spacial score (nSPS) is 18.1. The van der Waals surface area contributed by atoms with E-state index >= 15 is 0 Å². The molecule has 0 radical (unpaired) electrons. The summed E-state index contributed by atoms with van der Waals surface area (Å²) in [5, 5.41) is 3.31. The number of aromatic nitrogens is 1. The average molecular weight is 269 g/mol. The molecule has 18 heavy (non-hydrogen) atoms. The molecule has 1 aliphatic carbocycles. The summed E-state index contributed by atoms with van der Waals surface area (Å²) < 4.78 is 25.3. The molecule has 1 aromatic heterocycles. The number of nitrogens with one attached hydrogen (secondary N) is 2. The molecule has 0 bridgehead atoms. The molecular formula is C12H19N3O2S. The molecule has 5 nitrogen and oxygen atoms in total. The maximum atomic E-state index is 11.5. The molecule has 0 amide bonds. The molecule has 1 atom stereocenters. The molecule has 100 valence electrons. The zero-order chi connectivity index (χ0) is 13.2. The first kappa shape index (κ1) is 13.3. The lowest BCUT2D eigenvalue weighted by Crippen LogP contribution is -2.31. The lowest BCUT2D eigenvalue weighted by Gasteiger charge is -2.32. The van der Waals surface area contributed by atoms with Crippen LogP contribution in [0.15, 0.2) is 23.2 Å². The number of pyridine rings is 1. The largest absolute Gasteiger partial charge is 0.367 e. The van der Waals surface area contributed by atoms with Gasteiger partial charge < -0.3 is 5.32 Å². The van der Waals surface area contributed by atoms with Crippen LogP contribution in [0.3, 0.4) is 0 Å². The number of anilines is 1. The zero-order valence-corrected chi connectivity index (χ0v) is 11.5. The van der Waals surface area contributed by atoms with Crippen molar-refractivity contribution < 1.29 is 8.42 Å². The Hall–Kier alpha value is -1.14. The predicted octanol–water partition coefficient (Wildman–Crippen LogP) is 1.59. The molecule has 0 aliphatic heterocycles. The van der Waals surface area contributed by atoms with Crippen LogP contribution in [0.1, 0.15) is 26.2 Å². The van der Waals surface area contributed by atoms with Gasteiger partial charge in [-0.15, -0.1) is 0 Å². The number of nitrogens with zero attached hydrogens (tertiary/aromatic N) is 1. The van der Waals surface area contributed by atoms with Gasteiger partial charge in [-0.25, -0.2) is 18.1 Å². The molecule has 2 N–H and O–H groups in total. The van der Waals surface area contributed by atoms with Gasteiger partial charge in [-0.1, -0.05) is 6.42 Å².